The van der Waals surface area contributed by atoms with Crippen molar-refractivity contribution in [2.75, 3.05) is 0 Å². The van der Waals surface area contributed by atoms with E-state index in [-0.39, 0.29) is 12.0 Å². The predicted octanol–water partition coefficient (Wildman–Crippen LogP) is 4.44. The van der Waals surface area contributed by atoms with E-state index in [0.717, 1.165) is 24.3 Å². The molecule has 23 heavy (non-hydrogen) atoms. The maximum absolute atomic E-state index is 13.1. The molecule has 0 aliphatic carbocycles. The Morgan fingerprint density at radius 1 is 1.04 bits per heavy atom. The highest BCUT2D eigenvalue weighted by Crippen LogP contribution is 2.32. The molecule has 0 radical (unpaired) electrons. The van der Waals surface area contributed by atoms with Gasteiger partial charge < -0.3 is 5.32 Å². The van der Waals surface area contributed by atoms with Crippen LogP contribution in [0.4, 0.5) is 17.6 Å². The van der Waals surface area contributed by atoms with Gasteiger partial charge in [-0.25, -0.2) is 4.39 Å². The van der Waals surface area contributed by atoms with Gasteiger partial charge in [0, 0.05) is 5.02 Å². The van der Waals surface area contributed by atoms with Gasteiger partial charge in [-0.15, -0.1) is 0 Å². The van der Waals surface area contributed by atoms with Crippen molar-refractivity contribution in [2.45, 2.75) is 18.6 Å². The molecule has 2 aromatic carbocycles. The Balaban J connectivity index is 2.13. The second-order valence-corrected chi connectivity index (χ2v) is 5.33. The minimum atomic E-state index is -4.69. The normalized spacial score (nSPS) is 12.7. The smallest absolute Gasteiger partial charge is 0.341 e. The van der Waals surface area contributed by atoms with Gasteiger partial charge in [0.15, 0.2) is 6.04 Å². The van der Waals surface area contributed by atoms with E-state index in [4.69, 9.17) is 11.6 Å². The average molecular weight is 346 g/mol. The van der Waals surface area contributed by atoms with Crippen LogP contribution in [-0.2, 0) is 11.2 Å². The first kappa shape index (κ1) is 17.3. The zero-order valence-corrected chi connectivity index (χ0v) is 12.5. The molecular formula is C16H12ClF4NO. The number of halogens is 5. The van der Waals surface area contributed by atoms with E-state index in [2.05, 4.69) is 0 Å². The molecule has 0 spiro atoms. The molecule has 2 nitrogen and oxygen atoms in total. The Kier molecular flexibility index (Phi) is 5.26. The Morgan fingerprint density at radius 3 is 2.13 bits per heavy atom. The van der Waals surface area contributed by atoms with Gasteiger partial charge in [0.05, 0.1) is 6.42 Å². The van der Waals surface area contributed by atoms with Crippen LogP contribution in [0.2, 0.25) is 5.02 Å². The molecule has 0 saturated carbocycles. The highest BCUT2D eigenvalue weighted by Gasteiger charge is 2.41. The molecule has 0 aliphatic rings. The third kappa shape index (κ3) is 4.96. The largest absolute Gasteiger partial charge is 0.412 e. The summed E-state index contributed by atoms with van der Waals surface area (Å²) in [6, 6.07) is 7.84. The van der Waals surface area contributed by atoms with Gasteiger partial charge in [-0.2, -0.15) is 13.2 Å². The Morgan fingerprint density at radius 2 is 1.61 bits per heavy atom. The van der Waals surface area contributed by atoms with Gasteiger partial charge in [0.2, 0.25) is 5.91 Å². The van der Waals surface area contributed by atoms with Crippen molar-refractivity contribution in [2.24, 2.45) is 0 Å². The third-order valence-electron chi connectivity index (χ3n) is 3.11. The lowest BCUT2D eigenvalue weighted by Gasteiger charge is -2.22. The molecule has 0 aliphatic heterocycles. The van der Waals surface area contributed by atoms with Crippen LogP contribution in [0.15, 0.2) is 48.5 Å². The SMILES string of the molecule is O=C(Cc1ccc(Cl)cc1)NC(c1ccc(F)cc1)C(F)(F)F. The van der Waals surface area contributed by atoms with Gasteiger partial charge in [0.1, 0.15) is 5.82 Å². The summed E-state index contributed by atoms with van der Waals surface area (Å²) in [7, 11) is 0. The van der Waals surface area contributed by atoms with Gasteiger partial charge in [-0.3, -0.25) is 4.79 Å². The van der Waals surface area contributed by atoms with Crippen molar-refractivity contribution in [3.63, 3.8) is 0 Å². The van der Waals surface area contributed by atoms with E-state index in [1.807, 2.05) is 5.32 Å². The fourth-order valence-corrected chi connectivity index (χ4v) is 2.14. The molecule has 2 aromatic rings. The molecule has 7 heteroatoms. The zero-order valence-electron chi connectivity index (χ0n) is 11.7. The topological polar surface area (TPSA) is 29.1 Å². The lowest BCUT2D eigenvalue weighted by Crippen LogP contribution is -2.38. The number of alkyl halides is 3. The summed E-state index contributed by atoms with van der Waals surface area (Å²) in [5.74, 6) is -1.44. The minimum Gasteiger partial charge on any atom is -0.341 e. The predicted molar refractivity (Wildman–Crippen MR) is 78.5 cm³/mol. The summed E-state index contributed by atoms with van der Waals surface area (Å²) in [6.45, 7) is 0. The first-order chi connectivity index (χ1) is 10.8. The summed E-state index contributed by atoms with van der Waals surface area (Å²) in [6.07, 6.45) is -4.90. The Labute approximate surface area is 135 Å². The number of carbonyl (C=O) groups is 1. The van der Waals surface area contributed by atoms with Crippen molar-refractivity contribution in [1.82, 2.24) is 5.32 Å². The second-order valence-electron chi connectivity index (χ2n) is 4.90. The standard InChI is InChI=1S/C16H12ClF4NO/c17-12-5-1-10(2-6-12)9-14(23)22-15(16(19,20)21)11-3-7-13(18)8-4-11/h1-8,15H,9H2,(H,22,23). The summed E-state index contributed by atoms with van der Waals surface area (Å²) < 4.78 is 52.2. The van der Waals surface area contributed by atoms with Crippen molar-refractivity contribution in [3.8, 4) is 0 Å². The van der Waals surface area contributed by atoms with E-state index in [0.29, 0.717) is 10.6 Å². The average Bonchev–Trinajstić information content (AvgIpc) is 2.47. The molecular weight excluding hydrogens is 334 g/mol. The molecule has 122 valence electrons. The fraction of sp³-hybridized carbons (Fsp3) is 0.188. The maximum atomic E-state index is 13.1. The second kappa shape index (κ2) is 7.00. The van der Waals surface area contributed by atoms with Gasteiger partial charge in [-0.1, -0.05) is 35.9 Å². The number of benzene rings is 2. The number of amides is 1. The first-order valence-electron chi connectivity index (χ1n) is 6.61. The van der Waals surface area contributed by atoms with Crippen LogP contribution in [0.3, 0.4) is 0 Å². The Hall–Kier alpha value is -2.08. The highest BCUT2D eigenvalue weighted by molar-refractivity contribution is 6.30. The van der Waals surface area contributed by atoms with Gasteiger partial charge >= 0.3 is 6.18 Å². The van der Waals surface area contributed by atoms with Crippen LogP contribution in [0, 0.1) is 5.82 Å². The molecule has 0 fully saturated rings. The quantitative estimate of drug-likeness (QED) is 0.815. The van der Waals surface area contributed by atoms with E-state index in [9.17, 15) is 22.4 Å². The van der Waals surface area contributed by atoms with Crippen LogP contribution < -0.4 is 5.32 Å². The van der Waals surface area contributed by atoms with E-state index in [1.165, 1.54) is 0 Å². The van der Waals surface area contributed by atoms with Crippen LogP contribution in [0.5, 0.6) is 0 Å². The van der Waals surface area contributed by atoms with Crippen LogP contribution >= 0.6 is 11.6 Å². The number of hydrogen-bond donors (Lipinski definition) is 1. The highest BCUT2D eigenvalue weighted by atomic mass is 35.5. The molecule has 1 atom stereocenters. The monoisotopic (exact) mass is 345 g/mol. The third-order valence-corrected chi connectivity index (χ3v) is 3.37. The summed E-state index contributed by atoms with van der Waals surface area (Å²) in [5.41, 5.74) is 0.301. The summed E-state index contributed by atoms with van der Waals surface area (Å²) >= 11 is 5.71. The number of hydrogen-bond acceptors (Lipinski definition) is 1. The summed E-state index contributed by atoms with van der Waals surface area (Å²) in [5, 5.41) is 2.40. The lowest BCUT2D eigenvalue weighted by molar-refractivity contribution is -0.163. The minimum absolute atomic E-state index is 0.217. The summed E-state index contributed by atoms with van der Waals surface area (Å²) in [4.78, 5) is 11.9. The zero-order chi connectivity index (χ0) is 17.0. The van der Waals surface area contributed by atoms with E-state index in [1.54, 1.807) is 24.3 Å². The van der Waals surface area contributed by atoms with Gasteiger partial charge in [0.25, 0.3) is 0 Å². The van der Waals surface area contributed by atoms with E-state index < -0.39 is 23.9 Å². The number of nitrogens with one attached hydrogen (secondary N) is 1. The molecule has 1 unspecified atom stereocenters. The molecule has 2 rings (SSSR count). The van der Waals surface area contributed by atoms with Gasteiger partial charge in [-0.05, 0) is 35.4 Å². The van der Waals surface area contributed by atoms with Crippen LogP contribution in [-0.4, -0.2) is 12.1 Å². The molecule has 0 heterocycles. The van der Waals surface area contributed by atoms with Crippen molar-refractivity contribution >= 4 is 17.5 Å². The van der Waals surface area contributed by atoms with Crippen LogP contribution in [0.25, 0.3) is 0 Å². The Bertz CT molecular complexity index is 668. The molecule has 1 N–H and O–H groups in total. The molecule has 0 saturated heterocycles. The molecule has 1 amide bonds. The molecule has 0 aromatic heterocycles. The molecule has 0 bridgehead atoms. The number of rotatable bonds is 4. The van der Waals surface area contributed by atoms with Crippen molar-refractivity contribution in [1.29, 1.82) is 0 Å². The van der Waals surface area contributed by atoms with E-state index >= 15 is 0 Å². The maximum Gasteiger partial charge on any atom is 0.412 e. The van der Waals surface area contributed by atoms with Crippen molar-refractivity contribution < 1.29 is 22.4 Å². The lowest BCUT2D eigenvalue weighted by atomic mass is 10.1. The first-order valence-corrected chi connectivity index (χ1v) is 6.99. The van der Waals surface area contributed by atoms with Crippen molar-refractivity contribution in [3.05, 3.63) is 70.5 Å². The fourth-order valence-electron chi connectivity index (χ4n) is 2.01. The number of carbonyl (C=O) groups excluding carboxylic acids is 1. The van der Waals surface area contributed by atoms with Crippen LogP contribution in [0.1, 0.15) is 17.2 Å².